The first-order valence-corrected chi connectivity index (χ1v) is 15.7. The van der Waals surface area contributed by atoms with Crippen LogP contribution in [0.5, 0.6) is 5.75 Å². The fraction of sp³-hybridized carbons (Fsp3) is 0.195. The van der Waals surface area contributed by atoms with Crippen LogP contribution in [0.1, 0.15) is 52.7 Å². The summed E-state index contributed by atoms with van der Waals surface area (Å²) in [5.74, 6) is 0.488. The lowest BCUT2D eigenvalue weighted by molar-refractivity contribution is 0.474. The Morgan fingerprint density at radius 2 is 1.33 bits per heavy atom. The number of benzene rings is 4. The number of oxazole rings is 1. The van der Waals surface area contributed by atoms with Crippen molar-refractivity contribution in [2.45, 2.75) is 52.4 Å². The van der Waals surface area contributed by atoms with Gasteiger partial charge in [0, 0.05) is 34.5 Å². The van der Waals surface area contributed by atoms with Crippen molar-refractivity contribution >= 4 is 22.0 Å². The van der Waals surface area contributed by atoms with Crippen LogP contribution in [0.25, 0.3) is 67.0 Å². The fourth-order valence-electron chi connectivity index (χ4n) is 6.12. The van der Waals surface area contributed by atoms with Crippen LogP contribution >= 0.6 is 0 Å². The van der Waals surface area contributed by atoms with Crippen molar-refractivity contribution in [2.75, 3.05) is 0 Å². The van der Waals surface area contributed by atoms with Crippen molar-refractivity contribution in [3.05, 3.63) is 121 Å². The molecular weight excluding hydrogens is 566 g/mol. The molecular formula is C41H37N3O2. The van der Waals surface area contributed by atoms with E-state index in [1.807, 2.05) is 42.6 Å². The maximum atomic E-state index is 10.6. The number of nitrogens with zero attached hydrogens (tertiary/aromatic N) is 3. The molecule has 46 heavy (non-hydrogen) atoms. The monoisotopic (exact) mass is 603 g/mol. The number of fused-ring (bicyclic) bond motifs is 2. The van der Waals surface area contributed by atoms with Gasteiger partial charge in [-0.3, -0.25) is 9.97 Å². The minimum absolute atomic E-state index is 0.0355. The van der Waals surface area contributed by atoms with Crippen molar-refractivity contribution in [1.82, 2.24) is 15.0 Å². The van der Waals surface area contributed by atoms with Crippen molar-refractivity contribution in [3.63, 3.8) is 0 Å². The molecule has 0 atom stereocenters. The predicted octanol–water partition coefficient (Wildman–Crippen LogP) is 10.7. The molecule has 1 N–H and O–H groups in total. The summed E-state index contributed by atoms with van der Waals surface area (Å²) in [6, 6.07) is 32.4. The van der Waals surface area contributed by atoms with Gasteiger partial charge in [-0.15, -0.1) is 0 Å². The van der Waals surface area contributed by atoms with Crippen LogP contribution in [-0.4, -0.2) is 20.1 Å². The van der Waals surface area contributed by atoms with E-state index in [0.29, 0.717) is 17.0 Å². The normalized spacial score (nSPS) is 12.2. The van der Waals surface area contributed by atoms with Gasteiger partial charge in [0.15, 0.2) is 5.58 Å². The second-order valence-corrected chi connectivity index (χ2v) is 14.0. The van der Waals surface area contributed by atoms with Gasteiger partial charge in [0.05, 0.1) is 16.8 Å². The zero-order valence-corrected chi connectivity index (χ0v) is 27.1. The quantitative estimate of drug-likeness (QED) is 0.217. The first-order valence-electron chi connectivity index (χ1n) is 15.7. The molecule has 0 aliphatic rings. The highest BCUT2D eigenvalue weighted by molar-refractivity contribution is 6.00. The molecule has 3 heterocycles. The highest BCUT2D eigenvalue weighted by Crippen LogP contribution is 2.41. The zero-order chi connectivity index (χ0) is 32.2. The summed E-state index contributed by atoms with van der Waals surface area (Å²) in [7, 11) is 0. The molecule has 0 spiro atoms. The van der Waals surface area contributed by atoms with Crippen LogP contribution in [0, 0.1) is 0 Å². The average molecular weight is 604 g/mol. The Morgan fingerprint density at radius 1 is 0.587 bits per heavy atom. The first-order chi connectivity index (χ1) is 22.0. The molecule has 228 valence electrons. The van der Waals surface area contributed by atoms with Gasteiger partial charge in [0.1, 0.15) is 11.3 Å². The van der Waals surface area contributed by atoms with Crippen LogP contribution in [-0.2, 0) is 10.8 Å². The van der Waals surface area contributed by atoms with Crippen LogP contribution in [0.3, 0.4) is 0 Å². The molecule has 0 saturated carbocycles. The maximum Gasteiger partial charge on any atom is 0.231 e. The lowest BCUT2D eigenvalue weighted by Crippen LogP contribution is -2.15. The van der Waals surface area contributed by atoms with E-state index >= 15 is 0 Å². The van der Waals surface area contributed by atoms with E-state index in [-0.39, 0.29) is 16.6 Å². The van der Waals surface area contributed by atoms with Gasteiger partial charge < -0.3 is 9.52 Å². The summed E-state index contributed by atoms with van der Waals surface area (Å²) >= 11 is 0. The van der Waals surface area contributed by atoms with Gasteiger partial charge >= 0.3 is 0 Å². The van der Waals surface area contributed by atoms with Crippen LogP contribution in [0.4, 0.5) is 0 Å². The van der Waals surface area contributed by atoms with Crippen LogP contribution < -0.4 is 0 Å². The molecule has 5 nitrogen and oxygen atoms in total. The van der Waals surface area contributed by atoms with Crippen molar-refractivity contribution in [1.29, 1.82) is 0 Å². The van der Waals surface area contributed by atoms with E-state index in [9.17, 15) is 5.11 Å². The highest BCUT2D eigenvalue weighted by Gasteiger charge is 2.23. The topological polar surface area (TPSA) is 72.0 Å². The second-order valence-electron chi connectivity index (χ2n) is 14.0. The molecule has 0 saturated heterocycles. The first kappa shape index (κ1) is 29.4. The summed E-state index contributed by atoms with van der Waals surface area (Å²) in [4.78, 5) is 14.5. The zero-order valence-electron chi connectivity index (χ0n) is 27.1. The van der Waals surface area contributed by atoms with Gasteiger partial charge in [0.25, 0.3) is 0 Å². The number of hydrogen-bond donors (Lipinski definition) is 1. The third-order valence-corrected chi connectivity index (χ3v) is 8.59. The van der Waals surface area contributed by atoms with E-state index in [1.54, 1.807) is 18.3 Å². The number of aromatic hydroxyl groups is 1. The number of aromatic nitrogens is 3. The van der Waals surface area contributed by atoms with E-state index in [4.69, 9.17) is 14.4 Å². The molecule has 0 radical (unpaired) electrons. The van der Waals surface area contributed by atoms with E-state index in [0.717, 1.165) is 44.5 Å². The van der Waals surface area contributed by atoms with Gasteiger partial charge in [-0.2, -0.15) is 0 Å². The maximum absolute atomic E-state index is 10.6. The summed E-state index contributed by atoms with van der Waals surface area (Å²) < 4.78 is 6.32. The SMILES string of the molecule is CC(C)(C)c1cc(-c2cccc(-c3cc(-c4ccccn4)cc4oc(-c5ccccc5O)nc34)c2)c2nccc(C(C)(C)C)c2c1. The van der Waals surface area contributed by atoms with Gasteiger partial charge in [0.2, 0.25) is 5.89 Å². The predicted molar refractivity (Wildman–Crippen MR) is 188 cm³/mol. The average Bonchev–Trinajstić information content (AvgIpc) is 3.47. The van der Waals surface area contributed by atoms with Crippen molar-refractivity contribution in [2.24, 2.45) is 0 Å². The minimum Gasteiger partial charge on any atom is -0.507 e. The molecule has 3 aromatic heterocycles. The molecule has 0 amide bonds. The molecule has 0 bridgehead atoms. The number of para-hydroxylation sites is 1. The molecule has 7 rings (SSSR count). The molecule has 0 unspecified atom stereocenters. The Labute approximate surface area is 269 Å². The Hall–Kier alpha value is -5.29. The smallest absolute Gasteiger partial charge is 0.231 e. The van der Waals surface area contributed by atoms with Crippen molar-refractivity contribution in [3.8, 4) is 50.7 Å². The molecule has 4 aromatic carbocycles. The molecule has 0 aliphatic carbocycles. The Balaban J connectivity index is 1.48. The molecule has 0 fully saturated rings. The Bertz CT molecular complexity index is 2240. The van der Waals surface area contributed by atoms with Crippen LogP contribution in [0.15, 0.2) is 114 Å². The Morgan fingerprint density at radius 3 is 2.02 bits per heavy atom. The Kier molecular flexibility index (Phi) is 7.01. The number of rotatable bonds is 4. The van der Waals surface area contributed by atoms with Crippen LogP contribution in [0.2, 0.25) is 0 Å². The van der Waals surface area contributed by atoms with Gasteiger partial charge in [-0.1, -0.05) is 77.9 Å². The summed E-state index contributed by atoms with van der Waals surface area (Å²) in [6.07, 6.45) is 3.72. The number of phenols is 1. The lowest BCUT2D eigenvalue weighted by Gasteiger charge is -2.25. The van der Waals surface area contributed by atoms with Crippen molar-refractivity contribution < 1.29 is 9.52 Å². The fourth-order valence-corrected chi connectivity index (χ4v) is 6.12. The summed E-state index contributed by atoms with van der Waals surface area (Å²) in [5, 5.41) is 11.8. The van der Waals surface area contributed by atoms with E-state index < -0.39 is 0 Å². The number of phenolic OH excluding ortho intramolecular Hbond substituents is 1. The standard InChI is InChI=1S/C41H37N3O2/c1-40(2,3)28-23-31(37-32(24-28)33(17-19-43-37)41(4,5)6)26-13-11-12-25(20-26)30-21-27(34-15-9-10-18-42-34)22-36-38(30)44-39(46-36)29-14-7-8-16-35(29)45/h7-24,45H,1-6H3. The van der Waals surface area contributed by atoms with E-state index in [1.165, 1.54) is 16.5 Å². The molecule has 7 aromatic rings. The summed E-state index contributed by atoms with van der Waals surface area (Å²) in [5.41, 5.74) is 11.2. The third-order valence-electron chi connectivity index (χ3n) is 8.59. The third kappa shape index (κ3) is 5.32. The molecule has 0 aliphatic heterocycles. The van der Waals surface area contributed by atoms with Gasteiger partial charge in [-0.05, 0) is 93.7 Å². The summed E-state index contributed by atoms with van der Waals surface area (Å²) in [6.45, 7) is 13.5. The second kappa shape index (κ2) is 11.0. The number of hydrogen-bond acceptors (Lipinski definition) is 5. The largest absolute Gasteiger partial charge is 0.507 e. The lowest BCUT2D eigenvalue weighted by atomic mass is 9.80. The minimum atomic E-state index is -0.0468. The number of pyridine rings is 2. The van der Waals surface area contributed by atoms with Gasteiger partial charge in [-0.25, -0.2) is 4.98 Å². The van der Waals surface area contributed by atoms with E-state index in [2.05, 4.69) is 95.1 Å². The highest BCUT2D eigenvalue weighted by atomic mass is 16.3. The molecule has 5 heteroatoms.